The first kappa shape index (κ1) is 31.6. The minimum Gasteiger partial charge on any atom is -0.228 e. The Labute approximate surface area is 322 Å². The smallest absolute Gasteiger partial charge is 0.160 e. The van der Waals surface area contributed by atoms with Crippen molar-refractivity contribution in [2.75, 3.05) is 0 Å². The van der Waals surface area contributed by atoms with Gasteiger partial charge < -0.3 is 0 Å². The van der Waals surface area contributed by atoms with E-state index in [0.29, 0.717) is 5.82 Å². The summed E-state index contributed by atoms with van der Waals surface area (Å²) < 4.78 is 2.57. The molecule has 3 heteroatoms. The molecule has 11 rings (SSSR count). The number of rotatable bonds is 5. The van der Waals surface area contributed by atoms with Crippen molar-refractivity contribution in [2.45, 2.75) is 0 Å². The van der Waals surface area contributed by atoms with Crippen LogP contribution in [0.3, 0.4) is 0 Å². The van der Waals surface area contributed by atoms with Gasteiger partial charge in [0.1, 0.15) is 0 Å². The molecule has 0 spiro atoms. The second-order valence-electron chi connectivity index (χ2n) is 14.1. The van der Waals surface area contributed by atoms with Gasteiger partial charge in [0, 0.05) is 36.9 Å². The number of nitrogens with zero attached hydrogens (tertiary/aromatic N) is 2. The van der Waals surface area contributed by atoms with Crippen LogP contribution in [0.1, 0.15) is 0 Å². The number of benzene rings is 9. The van der Waals surface area contributed by atoms with Gasteiger partial charge in [-0.1, -0.05) is 164 Å². The average Bonchev–Trinajstić information content (AvgIpc) is 3.64. The third-order valence-corrected chi connectivity index (χ3v) is 12.0. The Kier molecular flexibility index (Phi) is 7.39. The second kappa shape index (κ2) is 12.9. The summed E-state index contributed by atoms with van der Waals surface area (Å²) in [5.74, 6) is 0.707. The number of hydrogen-bond acceptors (Lipinski definition) is 3. The Morgan fingerprint density at radius 3 is 1.69 bits per heavy atom. The molecule has 0 amide bonds. The van der Waals surface area contributed by atoms with Crippen molar-refractivity contribution in [3.8, 4) is 56.2 Å². The fourth-order valence-electron chi connectivity index (χ4n) is 8.14. The van der Waals surface area contributed by atoms with Crippen molar-refractivity contribution in [1.82, 2.24) is 9.97 Å². The number of aromatic nitrogens is 2. The predicted molar refractivity (Wildman–Crippen MR) is 235 cm³/mol. The molecule has 0 unspecified atom stereocenters. The van der Waals surface area contributed by atoms with Gasteiger partial charge in [0.05, 0.1) is 11.4 Å². The van der Waals surface area contributed by atoms with E-state index >= 15 is 0 Å². The molecule has 0 atom stereocenters. The fraction of sp³-hybridized carbons (Fsp3) is 0. The van der Waals surface area contributed by atoms with E-state index in [9.17, 15) is 0 Å². The van der Waals surface area contributed by atoms with Gasteiger partial charge in [-0.25, -0.2) is 9.97 Å². The summed E-state index contributed by atoms with van der Waals surface area (Å²) >= 11 is 1.83. The first-order chi connectivity index (χ1) is 27.2. The van der Waals surface area contributed by atoms with E-state index < -0.39 is 0 Å². The van der Waals surface area contributed by atoms with Crippen molar-refractivity contribution < 1.29 is 0 Å². The van der Waals surface area contributed by atoms with Gasteiger partial charge in [0.15, 0.2) is 5.82 Å². The Morgan fingerprint density at radius 1 is 0.291 bits per heavy atom. The zero-order valence-corrected chi connectivity index (χ0v) is 30.6. The first-order valence-electron chi connectivity index (χ1n) is 18.6. The predicted octanol–water partition coefficient (Wildman–Crippen LogP) is 14.6. The summed E-state index contributed by atoms with van der Waals surface area (Å²) in [5, 5.41) is 10.1. The molecule has 2 nitrogen and oxygen atoms in total. The van der Waals surface area contributed by atoms with Crippen molar-refractivity contribution in [2.24, 2.45) is 0 Å². The number of fused-ring (bicyclic) bond motifs is 7. The molecule has 0 saturated heterocycles. The monoisotopic (exact) mass is 716 g/mol. The lowest BCUT2D eigenvalue weighted by molar-refractivity contribution is 1.18. The number of hydrogen-bond donors (Lipinski definition) is 0. The van der Waals surface area contributed by atoms with E-state index in [4.69, 9.17) is 9.97 Å². The average molecular weight is 717 g/mol. The Hall–Kier alpha value is -6.94. The maximum absolute atomic E-state index is 5.23. The summed E-state index contributed by atoms with van der Waals surface area (Å²) in [4.78, 5) is 10.5. The van der Waals surface area contributed by atoms with Gasteiger partial charge >= 0.3 is 0 Å². The third kappa shape index (κ3) is 5.48. The Bertz CT molecular complexity index is 3230. The summed E-state index contributed by atoms with van der Waals surface area (Å²) in [6.45, 7) is 0. The van der Waals surface area contributed by atoms with E-state index in [1.165, 1.54) is 74.7 Å². The Balaban J connectivity index is 1.06. The minimum absolute atomic E-state index is 0.707. The quantitative estimate of drug-likeness (QED) is 0.131. The summed E-state index contributed by atoms with van der Waals surface area (Å²) in [7, 11) is 0. The lowest BCUT2D eigenvalue weighted by atomic mass is 9.89. The molecule has 0 radical (unpaired) electrons. The molecular formula is C52H32N2S. The molecule has 0 aliphatic rings. The summed E-state index contributed by atoms with van der Waals surface area (Å²) in [6, 6.07) is 69.8. The molecule has 55 heavy (non-hydrogen) atoms. The molecule has 0 aliphatic heterocycles. The highest BCUT2D eigenvalue weighted by molar-refractivity contribution is 7.25. The van der Waals surface area contributed by atoms with Crippen LogP contribution in [0, 0.1) is 0 Å². The third-order valence-electron chi connectivity index (χ3n) is 10.9. The van der Waals surface area contributed by atoms with Crippen LogP contribution >= 0.6 is 11.3 Å². The molecule has 11 aromatic rings. The topological polar surface area (TPSA) is 25.8 Å². The first-order valence-corrected chi connectivity index (χ1v) is 19.5. The highest BCUT2D eigenvalue weighted by Crippen LogP contribution is 2.41. The van der Waals surface area contributed by atoms with Crippen LogP contribution in [0.15, 0.2) is 194 Å². The van der Waals surface area contributed by atoms with Gasteiger partial charge in [-0.15, -0.1) is 11.3 Å². The SMILES string of the molecule is c1ccc(-c2ccc(-c3nc(-c4ccc(-c5c6ccccc6cc6c5ccc5ccccc56)cc4)cc(-c4ccc5sc6ccccc6c5c4)n3)cc2)cc1. The van der Waals surface area contributed by atoms with Crippen LogP contribution in [-0.2, 0) is 0 Å². The molecule has 0 saturated carbocycles. The molecule has 0 aliphatic carbocycles. The zero-order chi connectivity index (χ0) is 36.3. The lowest BCUT2D eigenvalue weighted by Crippen LogP contribution is -1.96. The van der Waals surface area contributed by atoms with E-state index in [-0.39, 0.29) is 0 Å². The van der Waals surface area contributed by atoms with Gasteiger partial charge in [0.25, 0.3) is 0 Å². The van der Waals surface area contributed by atoms with Crippen LogP contribution in [-0.4, -0.2) is 9.97 Å². The van der Waals surface area contributed by atoms with E-state index in [2.05, 4.69) is 188 Å². The van der Waals surface area contributed by atoms with Gasteiger partial charge in [-0.2, -0.15) is 0 Å². The molecular weight excluding hydrogens is 685 g/mol. The van der Waals surface area contributed by atoms with Gasteiger partial charge in [-0.05, 0) is 84.9 Å². The van der Waals surface area contributed by atoms with E-state index in [1.54, 1.807) is 0 Å². The van der Waals surface area contributed by atoms with Crippen LogP contribution in [0.25, 0.3) is 109 Å². The normalized spacial score (nSPS) is 11.6. The maximum Gasteiger partial charge on any atom is 0.160 e. The van der Waals surface area contributed by atoms with Crippen LogP contribution < -0.4 is 0 Å². The molecule has 0 N–H and O–H groups in total. The standard InChI is InChI=1S/C52H32N2S/c1-2-10-33(11-3-1)34-18-24-38(25-19-34)52-53-47(32-48(54-52)40-27-29-50-46(31-40)43-16-8-9-17-49(43)55-50)36-20-22-37(23-21-36)51-42-15-7-5-13-39(42)30-45-41-14-6-4-12-35(41)26-28-44(45)51/h1-32H. The van der Waals surface area contributed by atoms with Crippen molar-refractivity contribution in [1.29, 1.82) is 0 Å². The van der Waals surface area contributed by atoms with Crippen molar-refractivity contribution in [3.05, 3.63) is 194 Å². The molecule has 2 heterocycles. The van der Waals surface area contributed by atoms with E-state index in [1.807, 2.05) is 17.4 Å². The minimum atomic E-state index is 0.707. The number of thiophene rings is 1. The highest BCUT2D eigenvalue weighted by atomic mass is 32.1. The summed E-state index contributed by atoms with van der Waals surface area (Å²) in [6.07, 6.45) is 0. The lowest BCUT2D eigenvalue weighted by Gasteiger charge is -2.15. The highest BCUT2D eigenvalue weighted by Gasteiger charge is 2.16. The van der Waals surface area contributed by atoms with Crippen LogP contribution in [0.4, 0.5) is 0 Å². The van der Waals surface area contributed by atoms with Crippen molar-refractivity contribution >= 4 is 63.8 Å². The zero-order valence-electron chi connectivity index (χ0n) is 29.8. The van der Waals surface area contributed by atoms with Crippen molar-refractivity contribution in [3.63, 3.8) is 0 Å². The van der Waals surface area contributed by atoms with E-state index in [0.717, 1.165) is 28.1 Å². The van der Waals surface area contributed by atoms with Gasteiger partial charge in [-0.3, -0.25) is 0 Å². The maximum atomic E-state index is 5.23. The molecule has 256 valence electrons. The fourth-order valence-corrected chi connectivity index (χ4v) is 9.23. The second-order valence-corrected chi connectivity index (χ2v) is 15.2. The molecule has 0 bridgehead atoms. The largest absolute Gasteiger partial charge is 0.228 e. The molecule has 2 aromatic heterocycles. The molecule has 9 aromatic carbocycles. The Morgan fingerprint density at radius 2 is 0.873 bits per heavy atom. The molecule has 0 fully saturated rings. The van der Waals surface area contributed by atoms with Crippen LogP contribution in [0.5, 0.6) is 0 Å². The summed E-state index contributed by atoms with van der Waals surface area (Å²) in [5.41, 5.74) is 9.69. The van der Waals surface area contributed by atoms with Crippen LogP contribution in [0.2, 0.25) is 0 Å². The van der Waals surface area contributed by atoms with Gasteiger partial charge in [0.2, 0.25) is 0 Å².